The number of phosphoric acid groups is 1. The van der Waals surface area contributed by atoms with Gasteiger partial charge in [0.2, 0.25) is 0 Å². The second-order valence-electron chi connectivity index (χ2n) is 4.19. The first-order chi connectivity index (χ1) is 7.85. The van der Waals surface area contributed by atoms with Gasteiger partial charge in [-0.05, 0) is 43.4 Å². The maximum Gasteiger partial charge on any atom is 0.524 e. The van der Waals surface area contributed by atoms with E-state index >= 15 is 0 Å². The lowest BCUT2D eigenvalue weighted by molar-refractivity contribution is 0.281. The summed E-state index contributed by atoms with van der Waals surface area (Å²) in [6, 6.07) is 3.77. The monoisotopic (exact) mass is 258 g/mol. The van der Waals surface area contributed by atoms with Crippen molar-refractivity contribution in [2.24, 2.45) is 0 Å². The van der Waals surface area contributed by atoms with Crippen molar-refractivity contribution in [3.8, 4) is 5.75 Å². The molecule has 0 aliphatic carbocycles. The average molecular weight is 258 g/mol. The molecule has 1 aromatic rings. The Morgan fingerprint density at radius 2 is 1.82 bits per heavy atom. The quantitative estimate of drug-likeness (QED) is 0.796. The highest BCUT2D eigenvalue weighted by molar-refractivity contribution is 7.46. The van der Waals surface area contributed by atoms with Gasteiger partial charge in [-0.25, -0.2) is 4.57 Å². The van der Waals surface area contributed by atoms with Crippen molar-refractivity contribution in [3.63, 3.8) is 0 Å². The molecule has 0 fully saturated rings. The Bertz CT molecular complexity index is 436. The molecule has 2 N–H and O–H groups in total. The molecule has 17 heavy (non-hydrogen) atoms. The van der Waals surface area contributed by atoms with Crippen molar-refractivity contribution in [2.75, 3.05) is 0 Å². The molecule has 0 amide bonds. The number of benzene rings is 1. The Morgan fingerprint density at radius 1 is 1.24 bits per heavy atom. The van der Waals surface area contributed by atoms with Crippen LogP contribution in [-0.4, -0.2) is 9.79 Å². The summed E-state index contributed by atoms with van der Waals surface area (Å²) in [5.74, 6) is 0.340. The number of rotatable bonds is 5. The maximum absolute atomic E-state index is 11.0. The first-order valence-electron chi connectivity index (χ1n) is 5.69. The third kappa shape index (κ3) is 4.15. The summed E-state index contributed by atoms with van der Waals surface area (Å²) in [4.78, 5) is 17.9. The molecule has 0 spiro atoms. The van der Waals surface area contributed by atoms with Gasteiger partial charge < -0.3 is 4.52 Å². The SMILES string of the molecule is CCCCc1c(C)ccc(C)c1OP(=O)(O)O. The fourth-order valence-corrected chi connectivity index (χ4v) is 2.25. The highest BCUT2D eigenvalue weighted by Gasteiger charge is 2.20. The van der Waals surface area contributed by atoms with Gasteiger partial charge in [-0.15, -0.1) is 0 Å². The highest BCUT2D eigenvalue weighted by atomic mass is 31.2. The van der Waals surface area contributed by atoms with Gasteiger partial charge in [0, 0.05) is 0 Å². The molecule has 1 rings (SSSR count). The molecule has 0 aliphatic rings. The summed E-state index contributed by atoms with van der Waals surface area (Å²) in [6.45, 7) is 5.80. The number of unbranched alkanes of at least 4 members (excludes halogenated alkanes) is 1. The van der Waals surface area contributed by atoms with Crippen LogP contribution >= 0.6 is 7.82 Å². The molecule has 0 bridgehead atoms. The van der Waals surface area contributed by atoms with E-state index in [0.29, 0.717) is 5.75 Å². The molecule has 4 nitrogen and oxygen atoms in total. The first kappa shape index (κ1) is 14.2. The summed E-state index contributed by atoms with van der Waals surface area (Å²) in [5, 5.41) is 0. The molecule has 0 aliphatic heterocycles. The molecule has 0 aromatic heterocycles. The van der Waals surface area contributed by atoms with Gasteiger partial charge in [-0.3, -0.25) is 9.79 Å². The van der Waals surface area contributed by atoms with Crippen molar-refractivity contribution in [1.29, 1.82) is 0 Å². The Labute approximate surface area is 102 Å². The van der Waals surface area contributed by atoms with E-state index in [2.05, 4.69) is 6.92 Å². The van der Waals surface area contributed by atoms with E-state index in [4.69, 9.17) is 14.3 Å². The van der Waals surface area contributed by atoms with Crippen LogP contribution in [0.3, 0.4) is 0 Å². The smallest absolute Gasteiger partial charge is 0.404 e. The molecule has 0 saturated heterocycles. The lowest BCUT2D eigenvalue weighted by atomic mass is 9.99. The summed E-state index contributed by atoms with van der Waals surface area (Å²) in [5.41, 5.74) is 2.66. The van der Waals surface area contributed by atoms with Crippen LogP contribution < -0.4 is 4.52 Å². The molecule has 0 unspecified atom stereocenters. The zero-order valence-corrected chi connectivity index (χ0v) is 11.3. The van der Waals surface area contributed by atoms with Crippen LogP contribution in [0.4, 0.5) is 0 Å². The predicted molar refractivity (Wildman–Crippen MR) is 67.2 cm³/mol. The van der Waals surface area contributed by atoms with Crippen molar-refractivity contribution in [3.05, 3.63) is 28.8 Å². The first-order valence-corrected chi connectivity index (χ1v) is 7.22. The molecule has 0 saturated carbocycles. The van der Waals surface area contributed by atoms with Crippen molar-refractivity contribution < 1.29 is 18.9 Å². The van der Waals surface area contributed by atoms with Crippen LogP contribution in [-0.2, 0) is 11.0 Å². The van der Waals surface area contributed by atoms with Gasteiger partial charge >= 0.3 is 7.82 Å². The zero-order valence-electron chi connectivity index (χ0n) is 10.4. The van der Waals surface area contributed by atoms with Gasteiger partial charge in [0.25, 0.3) is 0 Å². The second-order valence-corrected chi connectivity index (χ2v) is 5.36. The maximum atomic E-state index is 11.0. The largest absolute Gasteiger partial charge is 0.524 e. The van der Waals surface area contributed by atoms with Crippen LogP contribution in [0.25, 0.3) is 0 Å². The van der Waals surface area contributed by atoms with Gasteiger partial charge in [0.05, 0.1) is 0 Å². The van der Waals surface area contributed by atoms with Crippen molar-refractivity contribution >= 4 is 7.82 Å². The Morgan fingerprint density at radius 3 is 2.35 bits per heavy atom. The predicted octanol–water partition coefficient (Wildman–Crippen LogP) is 3.12. The lowest BCUT2D eigenvalue weighted by Crippen LogP contribution is -2.00. The minimum absolute atomic E-state index is 0.340. The third-order valence-corrected chi connectivity index (χ3v) is 3.10. The highest BCUT2D eigenvalue weighted by Crippen LogP contribution is 2.41. The molecule has 0 atom stereocenters. The molecule has 1 aromatic carbocycles. The van der Waals surface area contributed by atoms with Gasteiger partial charge in [0.15, 0.2) is 0 Å². The Kier molecular flexibility index (Phi) is 4.75. The van der Waals surface area contributed by atoms with Gasteiger partial charge in [0.1, 0.15) is 5.75 Å². The average Bonchev–Trinajstić information content (AvgIpc) is 2.21. The minimum Gasteiger partial charge on any atom is -0.404 e. The fraction of sp³-hybridized carbons (Fsp3) is 0.500. The number of hydrogen-bond acceptors (Lipinski definition) is 2. The van der Waals surface area contributed by atoms with Crippen LogP contribution in [0.5, 0.6) is 5.75 Å². The third-order valence-electron chi connectivity index (χ3n) is 2.68. The van der Waals surface area contributed by atoms with Crippen LogP contribution in [0.2, 0.25) is 0 Å². The number of hydrogen-bond donors (Lipinski definition) is 2. The van der Waals surface area contributed by atoms with Crippen LogP contribution in [0.15, 0.2) is 12.1 Å². The lowest BCUT2D eigenvalue weighted by Gasteiger charge is -2.16. The Balaban J connectivity index is 3.15. The molecule has 96 valence electrons. The summed E-state index contributed by atoms with van der Waals surface area (Å²) in [7, 11) is -4.49. The van der Waals surface area contributed by atoms with Crippen LogP contribution in [0, 0.1) is 13.8 Å². The molecular formula is C12H19O4P. The summed E-state index contributed by atoms with van der Waals surface area (Å²) in [6.07, 6.45) is 2.78. The minimum atomic E-state index is -4.49. The molecule has 0 radical (unpaired) electrons. The van der Waals surface area contributed by atoms with E-state index in [1.54, 1.807) is 6.92 Å². The number of aryl methyl sites for hydroxylation is 2. The van der Waals surface area contributed by atoms with Gasteiger partial charge in [-0.1, -0.05) is 25.5 Å². The normalized spacial score (nSPS) is 11.6. The Hall–Kier alpha value is -0.830. The second kappa shape index (κ2) is 5.67. The van der Waals surface area contributed by atoms with E-state index in [0.717, 1.165) is 36.0 Å². The number of phosphoric ester groups is 1. The van der Waals surface area contributed by atoms with E-state index in [1.165, 1.54) is 0 Å². The van der Waals surface area contributed by atoms with E-state index in [-0.39, 0.29) is 0 Å². The van der Waals surface area contributed by atoms with Crippen molar-refractivity contribution in [2.45, 2.75) is 40.0 Å². The molecular weight excluding hydrogens is 239 g/mol. The van der Waals surface area contributed by atoms with E-state index < -0.39 is 7.82 Å². The topological polar surface area (TPSA) is 66.8 Å². The van der Waals surface area contributed by atoms with Gasteiger partial charge in [-0.2, -0.15) is 0 Å². The molecule has 0 heterocycles. The van der Waals surface area contributed by atoms with Crippen LogP contribution in [0.1, 0.15) is 36.5 Å². The van der Waals surface area contributed by atoms with E-state index in [9.17, 15) is 4.57 Å². The zero-order chi connectivity index (χ0) is 13.1. The summed E-state index contributed by atoms with van der Waals surface area (Å²) >= 11 is 0. The van der Waals surface area contributed by atoms with Crippen molar-refractivity contribution in [1.82, 2.24) is 0 Å². The molecule has 5 heteroatoms. The van der Waals surface area contributed by atoms with E-state index in [1.807, 2.05) is 19.1 Å². The summed E-state index contributed by atoms with van der Waals surface area (Å²) < 4.78 is 15.8. The fourth-order valence-electron chi connectivity index (χ4n) is 1.75. The standard InChI is InChI=1S/C12H19O4P/c1-4-5-6-11-9(2)7-8-10(3)12(11)16-17(13,14)15/h7-8H,4-6H2,1-3H3,(H2,13,14,15).